The highest BCUT2D eigenvalue weighted by molar-refractivity contribution is 7.02. The normalized spacial score (nSPS) is 11.9. The molecule has 2 rings (SSSR count). The molecule has 0 fully saturated rings. The third kappa shape index (κ3) is 10.6. The average molecular weight is 499 g/mol. The molecule has 180 valence electrons. The maximum absolute atomic E-state index is 7.05. The van der Waals surface area contributed by atoms with E-state index in [-0.39, 0.29) is 29.7 Å². The van der Waals surface area contributed by atoms with Gasteiger partial charge >= 0.3 is 17.1 Å². The maximum atomic E-state index is 7.05. The molecule has 31 heavy (non-hydrogen) atoms. The second-order valence-electron chi connectivity index (χ2n) is 9.28. The first-order valence-corrected chi connectivity index (χ1v) is 21.0. The van der Waals surface area contributed by atoms with Crippen molar-refractivity contribution in [3.8, 4) is 0 Å². The van der Waals surface area contributed by atoms with Gasteiger partial charge in [0.2, 0.25) is 0 Å². The number of rotatable bonds is 8. The Kier molecular flexibility index (Phi) is 14.6. The fraction of sp³-hybridized carbons (Fsp3) is 0.500. The second-order valence-corrected chi connectivity index (χ2v) is 25.4. The first-order chi connectivity index (χ1) is 12.3. The Bertz CT molecular complexity index is 684. The molecular weight excluding hydrogens is 449 g/mol. The summed E-state index contributed by atoms with van der Waals surface area (Å²) < 4.78 is 20.6. The highest BCUT2D eigenvalue weighted by Gasteiger charge is 2.50. The Hall–Kier alpha value is -0.812. The van der Waals surface area contributed by atoms with Gasteiger partial charge in [0.25, 0.3) is 0 Å². The van der Waals surface area contributed by atoms with E-state index in [1.165, 1.54) is 0 Å². The third-order valence-corrected chi connectivity index (χ3v) is 17.0. The SMILES string of the molecule is C.C.C.C.C[Si](C)(C)O[Si](C)(C)O[Si](O[Si](C)(C)C)(c1ccccc1)c1ccccc1. The van der Waals surface area contributed by atoms with Crippen molar-refractivity contribution < 1.29 is 12.3 Å². The molecule has 0 unspecified atom stereocenters. The second kappa shape index (κ2) is 13.0. The van der Waals surface area contributed by atoms with Gasteiger partial charge in [0, 0.05) is 0 Å². The molecule has 0 saturated carbocycles. The van der Waals surface area contributed by atoms with E-state index in [0.717, 1.165) is 10.4 Å². The van der Waals surface area contributed by atoms with Crippen molar-refractivity contribution in [2.45, 2.75) is 82.1 Å². The quantitative estimate of drug-likeness (QED) is 0.360. The van der Waals surface area contributed by atoms with E-state index in [1.54, 1.807) is 0 Å². The highest BCUT2D eigenvalue weighted by Crippen LogP contribution is 2.24. The lowest BCUT2D eigenvalue weighted by Crippen LogP contribution is -2.71. The zero-order chi connectivity index (χ0) is 20.3. The van der Waals surface area contributed by atoms with Crippen LogP contribution in [0.4, 0.5) is 0 Å². The van der Waals surface area contributed by atoms with Crippen LogP contribution >= 0.6 is 0 Å². The minimum absolute atomic E-state index is 0. The lowest BCUT2D eigenvalue weighted by molar-refractivity contribution is 0.343. The molecule has 0 amide bonds. The number of hydrogen-bond donors (Lipinski definition) is 0. The third-order valence-electron chi connectivity index (χ3n) is 3.70. The molecule has 0 atom stereocenters. The average Bonchev–Trinajstić information content (AvgIpc) is 2.52. The molecular formula is C24H50O3Si4. The maximum Gasteiger partial charge on any atom is 0.388 e. The van der Waals surface area contributed by atoms with Gasteiger partial charge in [0.1, 0.15) is 0 Å². The molecule has 3 nitrogen and oxygen atoms in total. The van der Waals surface area contributed by atoms with Crippen LogP contribution in [0.25, 0.3) is 0 Å². The lowest BCUT2D eigenvalue weighted by Gasteiger charge is -2.43. The van der Waals surface area contributed by atoms with Crippen LogP contribution in [-0.2, 0) is 12.3 Å². The highest BCUT2D eigenvalue weighted by atomic mass is 28.5. The molecule has 0 aromatic heterocycles. The molecule has 0 radical (unpaired) electrons. The van der Waals surface area contributed by atoms with Crippen LogP contribution in [0.5, 0.6) is 0 Å². The van der Waals surface area contributed by atoms with Crippen molar-refractivity contribution in [2.24, 2.45) is 0 Å². The van der Waals surface area contributed by atoms with Crippen LogP contribution in [-0.4, -0.2) is 33.8 Å². The summed E-state index contributed by atoms with van der Waals surface area (Å²) in [5, 5.41) is 2.30. The van der Waals surface area contributed by atoms with Crippen molar-refractivity contribution in [1.82, 2.24) is 0 Å². The van der Waals surface area contributed by atoms with E-state index in [9.17, 15) is 0 Å². The van der Waals surface area contributed by atoms with Gasteiger partial charge in [-0.3, -0.25) is 0 Å². The summed E-state index contributed by atoms with van der Waals surface area (Å²) in [6.07, 6.45) is 0. The van der Waals surface area contributed by atoms with Gasteiger partial charge in [-0.05, 0) is 62.7 Å². The first-order valence-electron chi connectivity index (χ1n) is 9.55. The Morgan fingerprint density at radius 3 is 1.06 bits per heavy atom. The fourth-order valence-corrected chi connectivity index (χ4v) is 20.0. The van der Waals surface area contributed by atoms with E-state index < -0.39 is 33.8 Å². The predicted octanol–water partition coefficient (Wildman–Crippen LogP) is 7.21. The van der Waals surface area contributed by atoms with Crippen LogP contribution in [0.3, 0.4) is 0 Å². The predicted molar refractivity (Wildman–Crippen MR) is 152 cm³/mol. The monoisotopic (exact) mass is 498 g/mol. The van der Waals surface area contributed by atoms with Crippen LogP contribution in [0, 0.1) is 0 Å². The number of benzene rings is 2. The largest absolute Gasteiger partial charge is 0.437 e. The molecule has 2 aromatic carbocycles. The summed E-state index contributed by atoms with van der Waals surface area (Å²) in [6, 6.07) is 21.0. The zero-order valence-electron chi connectivity index (χ0n) is 18.0. The summed E-state index contributed by atoms with van der Waals surface area (Å²) >= 11 is 0. The fourth-order valence-electron chi connectivity index (χ4n) is 3.27. The van der Waals surface area contributed by atoms with Gasteiger partial charge in [0.15, 0.2) is 16.6 Å². The van der Waals surface area contributed by atoms with Crippen LogP contribution in [0.15, 0.2) is 60.7 Å². The Morgan fingerprint density at radius 2 is 0.774 bits per heavy atom. The van der Waals surface area contributed by atoms with Crippen LogP contribution < -0.4 is 10.4 Å². The Balaban J connectivity index is -0.00000196. The van der Waals surface area contributed by atoms with Gasteiger partial charge in [0.05, 0.1) is 0 Å². The van der Waals surface area contributed by atoms with Gasteiger partial charge in [-0.2, -0.15) is 0 Å². The van der Waals surface area contributed by atoms with Gasteiger partial charge in [-0.25, -0.2) is 0 Å². The van der Waals surface area contributed by atoms with E-state index in [1.807, 2.05) is 12.1 Å². The molecule has 0 aliphatic heterocycles. The summed E-state index contributed by atoms with van der Waals surface area (Å²) in [5.74, 6) is 0. The lowest BCUT2D eigenvalue weighted by atomic mass is 10.4. The summed E-state index contributed by atoms with van der Waals surface area (Å²) in [5.41, 5.74) is 0. The molecule has 0 aliphatic carbocycles. The van der Waals surface area contributed by atoms with Crippen molar-refractivity contribution >= 4 is 44.1 Å². The topological polar surface area (TPSA) is 27.7 Å². The van der Waals surface area contributed by atoms with E-state index >= 15 is 0 Å². The number of hydrogen-bond acceptors (Lipinski definition) is 3. The Morgan fingerprint density at radius 1 is 0.452 bits per heavy atom. The van der Waals surface area contributed by atoms with E-state index in [4.69, 9.17) is 12.3 Å². The van der Waals surface area contributed by atoms with Crippen LogP contribution in [0.2, 0.25) is 52.4 Å². The minimum atomic E-state index is -2.90. The standard InChI is InChI=1S/C20H34O3Si4.4CH4/c1-24(2,3)21-26(7,8)23-27(22-25(4,5)6,19-15-11-9-12-16-19)20-17-13-10-14-18-20;;;;/h9-18H,1-8H3;4*1H4. The van der Waals surface area contributed by atoms with Crippen molar-refractivity contribution in [3.63, 3.8) is 0 Å². The molecule has 0 N–H and O–H groups in total. The van der Waals surface area contributed by atoms with Crippen molar-refractivity contribution in [3.05, 3.63) is 60.7 Å². The molecule has 0 spiro atoms. The minimum Gasteiger partial charge on any atom is -0.437 e. The zero-order valence-corrected chi connectivity index (χ0v) is 22.0. The van der Waals surface area contributed by atoms with Gasteiger partial charge in [-0.15, -0.1) is 0 Å². The molecule has 2 aromatic rings. The van der Waals surface area contributed by atoms with Crippen molar-refractivity contribution in [2.75, 3.05) is 0 Å². The molecule has 0 heterocycles. The van der Waals surface area contributed by atoms with Crippen LogP contribution in [0.1, 0.15) is 29.7 Å². The molecule has 0 saturated heterocycles. The summed E-state index contributed by atoms with van der Waals surface area (Å²) in [6.45, 7) is 17.7. The molecule has 0 aliphatic rings. The summed E-state index contributed by atoms with van der Waals surface area (Å²) in [7, 11) is -8.96. The van der Waals surface area contributed by atoms with E-state index in [0.29, 0.717) is 0 Å². The molecule has 7 heteroatoms. The van der Waals surface area contributed by atoms with Gasteiger partial charge in [-0.1, -0.05) is 90.4 Å². The van der Waals surface area contributed by atoms with Gasteiger partial charge < -0.3 is 12.3 Å². The smallest absolute Gasteiger partial charge is 0.388 e. The van der Waals surface area contributed by atoms with E-state index in [2.05, 4.69) is 101 Å². The Labute approximate surface area is 198 Å². The molecule has 0 bridgehead atoms. The first kappa shape index (κ1) is 34.8. The summed E-state index contributed by atoms with van der Waals surface area (Å²) in [4.78, 5) is 0. The van der Waals surface area contributed by atoms with Crippen molar-refractivity contribution in [1.29, 1.82) is 0 Å².